The number of carboxylic acid groups (broad SMARTS) is 1. The average Bonchev–Trinajstić information content (AvgIpc) is 2.90. The molecule has 2 heterocycles. The minimum absolute atomic E-state index is 0.0691. The Labute approximate surface area is 122 Å². The second-order valence-corrected chi connectivity index (χ2v) is 7.75. The number of rotatable bonds is 3. The highest BCUT2D eigenvalue weighted by Crippen LogP contribution is 2.25. The van der Waals surface area contributed by atoms with Crippen molar-refractivity contribution in [2.75, 3.05) is 11.5 Å². The number of benzene rings is 1. The number of hydrogen-bond donors (Lipinski definition) is 1. The maximum absolute atomic E-state index is 11.6. The van der Waals surface area contributed by atoms with Gasteiger partial charge >= 0.3 is 5.97 Å². The van der Waals surface area contributed by atoms with Crippen LogP contribution >= 0.6 is 0 Å². The maximum Gasteiger partial charge on any atom is 0.337 e. The Morgan fingerprint density at radius 3 is 2.86 bits per heavy atom. The molecule has 1 aliphatic heterocycles. The molecule has 3 rings (SSSR count). The number of nitrogens with zero attached hydrogens (tertiary/aromatic N) is 2. The topological polar surface area (TPSA) is 89.3 Å². The van der Waals surface area contributed by atoms with Gasteiger partial charge < -0.3 is 9.67 Å². The highest BCUT2D eigenvalue weighted by molar-refractivity contribution is 7.91. The molecule has 1 aromatic heterocycles. The van der Waals surface area contributed by atoms with Crippen molar-refractivity contribution in [3.63, 3.8) is 0 Å². The SMILES string of the molecule is Cc1nc2c(C(=O)O)cccc2n1CC1CCS(=O)(=O)C1. The monoisotopic (exact) mass is 308 g/mol. The summed E-state index contributed by atoms with van der Waals surface area (Å²) < 4.78 is 25.0. The highest BCUT2D eigenvalue weighted by atomic mass is 32.2. The lowest BCUT2D eigenvalue weighted by Crippen LogP contribution is -2.13. The molecule has 0 amide bonds. The molecule has 1 atom stereocenters. The van der Waals surface area contributed by atoms with Crippen molar-refractivity contribution in [3.8, 4) is 0 Å². The van der Waals surface area contributed by atoms with Crippen molar-refractivity contribution in [1.29, 1.82) is 0 Å². The third kappa shape index (κ3) is 2.53. The number of aryl methyl sites for hydroxylation is 1. The first-order valence-corrected chi connectivity index (χ1v) is 8.59. The summed E-state index contributed by atoms with van der Waals surface area (Å²) in [6.07, 6.45) is 0.653. The van der Waals surface area contributed by atoms with Crippen molar-refractivity contribution in [1.82, 2.24) is 9.55 Å². The van der Waals surface area contributed by atoms with Gasteiger partial charge in [-0.1, -0.05) is 6.07 Å². The van der Waals surface area contributed by atoms with Crippen LogP contribution in [-0.2, 0) is 16.4 Å². The van der Waals surface area contributed by atoms with E-state index in [0.29, 0.717) is 24.3 Å². The van der Waals surface area contributed by atoms with Gasteiger partial charge in [0.05, 0.1) is 22.6 Å². The largest absolute Gasteiger partial charge is 0.478 e. The molecule has 0 aliphatic carbocycles. The Bertz CT molecular complexity index is 823. The van der Waals surface area contributed by atoms with Crippen LogP contribution in [0, 0.1) is 12.8 Å². The molecule has 6 nitrogen and oxygen atoms in total. The van der Waals surface area contributed by atoms with E-state index in [-0.39, 0.29) is 23.0 Å². The first-order valence-electron chi connectivity index (χ1n) is 6.77. The number of sulfone groups is 1. The fraction of sp³-hybridized carbons (Fsp3) is 0.429. The van der Waals surface area contributed by atoms with Gasteiger partial charge in [-0.05, 0) is 31.4 Å². The van der Waals surface area contributed by atoms with Crippen molar-refractivity contribution in [3.05, 3.63) is 29.6 Å². The molecule has 0 bridgehead atoms. The van der Waals surface area contributed by atoms with Crippen LogP contribution in [0.25, 0.3) is 11.0 Å². The van der Waals surface area contributed by atoms with Crippen molar-refractivity contribution >= 4 is 26.8 Å². The van der Waals surface area contributed by atoms with Crippen LogP contribution in [0.15, 0.2) is 18.2 Å². The second-order valence-electron chi connectivity index (χ2n) is 5.52. The molecule has 1 aromatic carbocycles. The smallest absolute Gasteiger partial charge is 0.337 e. The van der Waals surface area contributed by atoms with Crippen LogP contribution in [-0.4, -0.2) is 40.6 Å². The molecule has 1 aliphatic rings. The Morgan fingerprint density at radius 1 is 1.48 bits per heavy atom. The highest BCUT2D eigenvalue weighted by Gasteiger charge is 2.29. The Kier molecular flexibility index (Phi) is 3.24. The minimum Gasteiger partial charge on any atom is -0.478 e. The number of aromatic carboxylic acids is 1. The van der Waals surface area contributed by atoms with E-state index in [1.807, 2.05) is 17.6 Å². The van der Waals surface area contributed by atoms with E-state index >= 15 is 0 Å². The standard InChI is InChI=1S/C14H16N2O4S/c1-9-15-13-11(14(17)18)3-2-4-12(13)16(9)7-10-5-6-21(19,20)8-10/h2-4,10H,5-8H2,1H3,(H,17,18). The van der Waals surface area contributed by atoms with Gasteiger partial charge in [0, 0.05) is 6.54 Å². The van der Waals surface area contributed by atoms with Crippen LogP contribution in [0.4, 0.5) is 0 Å². The van der Waals surface area contributed by atoms with Crippen LogP contribution < -0.4 is 0 Å². The fourth-order valence-corrected chi connectivity index (χ4v) is 4.79. The summed E-state index contributed by atoms with van der Waals surface area (Å²) in [7, 11) is -2.91. The van der Waals surface area contributed by atoms with Crippen molar-refractivity contribution in [2.45, 2.75) is 19.9 Å². The molecule has 0 saturated carbocycles. The zero-order valence-electron chi connectivity index (χ0n) is 11.6. The lowest BCUT2D eigenvalue weighted by Gasteiger charge is -2.11. The predicted molar refractivity (Wildman–Crippen MR) is 78.2 cm³/mol. The molecule has 21 heavy (non-hydrogen) atoms. The summed E-state index contributed by atoms with van der Waals surface area (Å²) in [6.45, 7) is 2.37. The van der Waals surface area contributed by atoms with Gasteiger partial charge in [-0.15, -0.1) is 0 Å². The summed E-state index contributed by atoms with van der Waals surface area (Å²) in [6, 6.07) is 5.04. The molecule has 7 heteroatoms. The van der Waals surface area contributed by atoms with E-state index in [9.17, 15) is 18.3 Å². The van der Waals surface area contributed by atoms with Crippen LogP contribution in [0.1, 0.15) is 22.6 Å². The van der Waals surface area contributed by atoms with Gasteiger partial charge in [-0.25, -0.2) is 18.2 Å². The quantitative estimate of drug-likeness (QED) is 0.927. The number of fused-ring (bicyclic) bond motifs is 1. The number of carbonyl (C=O) groups is 1. The lowest BCUT2D eigenvalue weighted by molar-refractivity contribution is 0.0699. The van der Waals surface area contributed by atoms with E-state index in [1.165, 1.54) is 6.07 Å². The minimum atomic E-state index is -2.91. The normalized spacial score (nSPS) is 20.9. The van der Waals surface area contributed by atoms with Crippen LogP contribution in [0.3, 0.4) is 0 Å². The van der Waals surface area contributed by atoms with Crippen molar-refractivity contribution in [2.24, 2.45) is 5.92 Å². The van der Waals surface area contributed by atoms with E-state index < -0.39 is 15.8 Å². The van der Waals surface area contributed by atoms with Gasteiger partial charge in [-0.3, -0.25) is 0 Å². The Balaban J connectivity index is 2.02. The zero-order valence-corrected chi connectivity index (χ0v) is 12.4. The molecule has 2 aromatic rings. The first-order chi connectivity index (χ1) is 9.87. The number of aromatic nitrogens is 2. The molecule has 1 saturated heterocycles. The third-order valence-electron chi connectivity index (χ3n) is 3.97. The number of imidazole rings is 1. The summed E-state index contributed by atoms with van der Waals surface area (Å²) in [4.78, 5) is 15.6. The van der Waals surface area contributed by atoms with Crippen LogP contribution in [0.5, 0.6) is 0 Å². The van der Waals surface area contributed by atoms with E-state index in [4.69, 9.17) is 0 Å². The molecular formula is C14H16N2O4S. The molecule has 0 spiro atoms. The van der Waals surface area contributed by atoms with E-state index in [2.05, 4.69) is 4.98 Å². The summed E-state index contributed by atoms with van der Waals surface area (Å²) in [5.74, 6) is 0.213. The maximum atomic E-state index is 11.6. The van der Waals surface area contributed by atoms with Crippen LogP contribution in [0.2, 0.25) is 0 Å². The lowest BCUT2D eigenvalue weighted by atomic mass is 10.1. The number of para-hydroxylation sites is 1. The summed E-state index contributed by atoms with van der Waals surface area (Å²) in [5, 5.41) is 9.21. The van der Waals surface area contributed by atoms with Gasteiger partial charge in [-0.2, -0.15) is 0 Å². The molecule has 112 valence electrons. The van der Waals surface area contributed by atoms with Gasteiger partial charge in [0.1, 0.15) is 11.3 Å². The van der Waals surface area contributed by atoms with E-state index in [1.54, 1.807) is 6.07 Å². The Morgan fingerprint density at radius 2 is 2.24 bits per heavy atom. The third-order valence-corrected chi connectivity index (χ3v) is 5.80. The van der Waals surface area contributed by atoms with Crippen molar-refractivity contribution < 1.29 is 18.3 Å². The zero-order chi connectivity index (χ0) is 15.2. The molecular weight excluding hydrogens is 292 g/mol. The van der Waals surface area contributed by atoms with Gasteiger partial charge in [0.15, 0.2) is 9.84 Å². The average molecular weight is 308 g/mol. The van der Waals surface area contributed by atoms with E-state index in [0.717, 1.165) is 5.52 Å². The molecule has 1 N–H and O–H groups in total. The number of carboxylic acids is 1. The molecule has 1 unspecified atom stereocenters. The molecule has 0 radical (unpaired) electrons. The van der Waals surface area contributed by atoms with Gasteiger partial charge in [0.25, 0.3) is 0 Å². The Hall–Kier alpha value is -1.89. The first kappa shape index (κ1) is 14.1. The summed E-state index contributed by atoms with van der Waals surface area (Å²) in [5.41, 5.74) is 1.38. The predicted octanol–water partition coefficient (Wildman–Crippen LogP) is 1.48. The molecule has 1 fully saturated rings. The number of hydrogen-bond acceptors (Lipinski definition) is 4. The second kappa shape index (κ2) is 4.84. The fourth-order valence-electron chi connectivity index (χ4n) is 2.94. The summed E-state index contributed by atoms with van der Waals surface area (Å²) >= 11 is 0. The van der Waals surface area contributed by atoms with Gasteiger partial charge in [0.2, 0.25) is 0 Å².